The van der Waals surface area contributed by atoms with Crippen LogP contribution in [0.2, 0.25) is 0 Å². The topological polar surface area (TPSA) is 151 Å². The number of rotatable bonds is 14. The number of imidazole rings is 1. The van der Waals surface area contributed by atoms with Gasteiger partial charge in [0.1, 0.15) is 12.2 Å². The van der Waals surface area contributed by atoms with Crippen LogP contribution in [0.5, 0.6) is 0 Å². The molecule has 2 aromatic heterocycles. The van der Waals surface area contributed by atoms with E-state index < -0.39 is 19.0 Å². The second-order valence-electron chi connectivity index (χ2n) is 7.16. The molecule has 11 nitrogen and oxygen atoms in total. The molecule has 0 saturated carbocycles. The quantitative estimate of drug-likeness (QED) is 0.182. The molecule has 1 unspecified atom stereocenters. The van der Waals surface area contributed by atoms with Crippen LogP contribution in [0, 0.1) is 5.82 Å². The summed E-state index contributed by atoms with van der Waals surface area (Å²) in [6.45, 7) is 3.65. The lowest BCUT2D eigenvalue weighted by atomic mass is 10.2. The number of ether oxygens (including phenoxy) is 1. The number of allylic oxidation sites excluding steroid dienone is 1. The second kappa shape index (κ2) is 12.8. The van der Waals surface area contributed by atoms with Gasteiger partial charge < -0.3 is 24.1 Å². The number of nitrogen functional groups attached to an aromatic ring is 1. The Morgan fingerprint density at radius 2 is 2.17 bits per heavy atom. The number of anilines is 1. The molecule has 1 atom stereocenters. The number of carbonyl (C=O) groups is 1. The summed E-state index contributed by atoms with van der Waals surface area (Å²) in [6, 6.07) is 5.69. The molecule has 35 heavy (non-hydrogen) atoms. The smallest absolute Gasteiger partial charge is 0.356 e. The number of aromatic nitrogens is 4. The molecule has 3 aromatic rings. The fourth-order valence-electron chi connectivity index (χ4n) is 2.89. The Labute approximate surface area is 204 Å². The molecule has 3 N–H and O–H groups in total. The molecule has 0 aliphatic heterocycles. The summed E-state index contributed by atoms with van der Waals surface area (Å²) in [6.07, 6.45) is 2.76. The minimum Gasteiger partial charge on any atom is -0.369 e. The average Bonchev–Trinajstić information content (AvgIpc) is 3.22. The van der Waals surface area contributed by atoms with Gasteiger partial charge in [-0.25, -0.2) is 9.37 Å². The predicted octanol–water partition coefficient (Wildman–Crippen LogP) is 3.08. The number of aromatic amines is 1. The van der Waals surface area contributed by atoms with Crippen molar-refractivity contribution in [2.75, 3.05) is 31.0 Å². The zero-order valence-electron chi connectivity index (χ0n) is 18.7. The number of carbonyl (C=O) groups excluding carboxylic acids is 1. The molecular formula is C21H25FN5O6PS. The molecule has 1 aromatic carbocycles. The number of nitrogens with one attached hydrogen (secondary N) is 1. The second-order valence-corrected chi connectivity index (χ2v) is 10.3. The van der Waals surface area contributed by atoms with Gasteiger partial charge in [0.05, 0.1) is 26.1 Å². The van der Waals surface area contributed by atoms with E-state index in [9.17, 15) is 18.5 Å². The molecule has 0 spiro atoms. The van der Waals surface area contributed by atoms with E-state index in [1.165, 1.54) is 30.6 Å². The largest absolute Gasteiger partial charge is 0.369 e. The normalized spacial score (nSPS) is 13.1. The predicted molar refractivity (Wildman–Crippen MR) is 130 cm³/mol. The number of H-pyrrole nitrogens is 1. The van der Waals surface area contributed by atoms with E-state index in [-0.39, 0.29) is 67.1 Å². The molecule has 14 heteroatoms. The molecule has 0 saturated heterocycles. The highest BCUT2D eigenvalue weighted by molar-refractivity contribution is 8.13. The zero-order chi connectivity index (χ0) is 25.3. The Morgan fingerprint density at radius 3 is 2.94 bits per heavy atom. The number of nitrogens with two attached hydrogens (primary N) is 1. The minimum absolute atomic E-state index is 0.0184. The lowest BCUT2D eigenvalue weighted by Gasteiger charge is -2.19. The van der Waals surface area contributed by atoms with Crippen molar-refractivity contribution in [1.82, 2.24) is 19.5 Å². The Bertz CT molecular complexity index is 1280. The van der Waals surface area contributed by atoms with Crippen LogP contribution >= 0.6 is 19.4 Å². The van der Waals surface area contributed by atoms with Gasteiger partial charge in [0.25, 0.3) is 5.56 Å². The van der Waals surface area contributed by atoms with E-state index in [1.807, 2.05) is 0 Å². The molecule has 0 radical (unpaired) electrons. The molecule has 0 aliphatic rings. The maximum atomic E-state index is 13.5. The number of fused-ring (bicyclic) bond motifs is 1. The van der Waals surface area contributed by atoms with Crippen LogP contribution in [-0.2, 0) is 36.3 Å². The highest BCUT2D eigenvalue weighted by atomic mass is 32.2. The highest BCUT2D eigenvalue weighted by Crippen LogP contribution is 2.49. The first-order chi connectivity index (χ1) is 16.8. The first-order valence-electron chi connectivity index (χ1n) is 10.5. The summed E-state index contributed by atoms with van der Waals surface area (Å²) in [4.78, 5) is 33.9. The van der Waals surface area contributed by atoms with E-state index in [1.54, 1.807) is 10.6 Å². The van der Waals surface area contributed by atoms with Crippen LogP contribution in [0.3, 0.4) is 0 Å². The molecule has 0 fully saturated rings. The minimum atomic E-state index is -3.75. The lowest BCUT2D eigenvalue weighted by molar-refractivity contribution is -0.110. The van der Waals surface area contributed by atoms with Crippen LogP contribution < -0.4 is 11.3 Å². The van der Waals surface area contributed by atoms with E-state index in [2.05, 4.69) is 21.5 Å². The van der Waals surface area contributed by atoms with Gasteiger partial charge >= 0.3 is 7.60 Å². The van der Waals surface area contributed by atoms with Crippen molar-refractivity contribution < 1.29 is 27.5 Å². The third-order valence-corrected chi connectivity index (χ3v) is 6.94. The van der Waals surface area contributed by atoms with Gasteiger partial charge in [0, 0.05) is 18.7 Å². The molecule has 0 bridgehead atoms. The number of benzene rings is 1. The van der Waals surface area contributed by atoms with Crippen molar-refractivity contribution >= 4 is 41.6 Å². The number of halogens is 1. The van der Waals surface area contributed by atoms with E-state index in [4.69, 9.17) is 19.5 Å². The summed E-state index contributed by atoms with van der Waals surface area (Å²) in [5.41, 5.74) is 6.03. The highest BCUT2D eigenvalue weighted by Gasteiger charge is 2.26. The van der Waals surface area contributed by atoms with Crippen LogP contribution in [0.4, 0.5) is 10.3 Å². The van der Waals surface area contributed by atoms with Crippen molar-refractivity contribution in [2.45, 2.75) is 19.6 Å². The van der Waals surface area contributed by atoms with Gasteiger partial charge in [0.2, 0.25) is 5.95 Å². The van der Waals surface area contributed by atoms with Crippen molar-refractivity contribution in [3.63, 3.8) is 0 Å². The molecule has 2 heterocycles. The lowest BCUT2D eigenvalue weighted by Crippen LogP contribution is -2.13. The molecule has 188 valence electrons. The van der Waals surface area contributed by atoms with Gasteiger partial charge in [-0.05, 0) is 17.7 Å². The van der Waals surface area contributed by atoms with Gasteiger partial charge in [-0.15, -0.1) is 6.58 Å². The number of nitrogens with zero attached hydrogens (tertiary/aromatic N) is 3. The van der Waals surface area contributed by atoms with E-state index in [0.717, 1.165) is 11.8 Å². The third-order valence-electron chi connectivity index (χ3n) is 4.48. The summed E-state index contributed by atoms with van der Waals surface area (Å²) in [5.74, 6) is -0.225. The van der Waals surface area contributed by atoms with Gasteiger partial charge in [0.15, 0.2) is 16.3 Å². The zero-order valence-corrected chi connectivity index (χ0v) is 20.4. The Hall–Kier alpha value is -2.83. The third kappa shape index (κ3) is 8.11. The van der Waals surface area contributed by atoms with Crippen molar-refractivity contribution in [3.8, 4) is 0 Å². The fraction of sp³-hybridized carbons (Fsp3) is 0.333. The molecular weight excluding hydrogens is 500 g/mol. The molecule has 0 amide bonds. The van der Waals surface area contributed by atoms with Crippen LogP contribution in [-0.4, -0.2) is 49.9 Å². The Kier molecular flexibility index (Phi) is 9.75. The number of hydrogen-bond acceptors (Lipinski definition) is 10. The number of thioether (sulfide) groups is 1. The first kappa shape index (κ1) is 26.8. The monoisotopic (exact) mass is 525 g/mol. The average molecular weight is 525 g/mol. The van der Waals surface area contributed by atoms with Gasteiger partial charge in [-0.1, -0.05) is 30.0 Å². The summed E-state index contributed by atoms with van der Waals surface area (Å²) >= 11 is 1.03. The van der Waals surface area contributed by atoms with E-state index >= 15 is 0 Å². The van der Waals surface area contributed by atoms with Crippen LogP contribution in [0.1, 0.15) is 12.0 Å². The maximum absolute atomic E-state index is 13.5. The first-order valence-corrected chi connectivity index (χ1v) is 13.2. The van der Waals surface area contributed by atoms with Crippen LogP contribution in [0.25, 0.3) is 11.2 Å². The summed E-state index contributed by atoms with van der Waals surface area (Å²) in [7, 11) is -3.75. The van der Waals surface area contributed by atoms with Crippen molar-refractivity contribution in [3.05, 3.63) is 65.0 Å². The van der Waals surface area contributed by atoms with Crippen LogP contribution in [0.15, 0.2) is 48.0 Å². The SMILES string of the molecule is C=CCC(=O)SCCOP(=O)(COCCn1cnc2c(=O)[nH]c(N)nc21)OCc1cccc(F)c1. The summed E-state index contributed by atoms with van der Waals surface area (Å²) < 4.78 is 44.8. The Balaban J connectivity index is 1.57. The van der Waals surface area contributed by atoms with Gasteiger partial charge in [-0.3, -0.25) is 19.1 Å². The maximum Gasteiger partial charge on any atom is 0.356 e. The molecule has 0 aliphatic carbocycles. The number of hydrogen-bond donors (Lipinski definition) is 2. The standard InChI is InChI=1S/C21H25FN5O6PS/c1-2-4-17(28)35-10-9-32-34(30,33-12-15-5-3-6-16(22)11-15)14-31-8-7-27-13-24-18-19(27)25-21(23)26-20(18)29/h2-3,5-6,11,13H,1,4,7-10,12,14H2,(H3,23,25,26,29). The Morgan fingerprint density at radius 1 is 1.34 bits per heavy atom. The molecule has 3 rings (SSSR count). The van der Waals surface area contributed by atoms with Crippen molar-refractivity contribution in [2.24, 2.45) is 0 Å². The fourth-order valence-corrected chi connectivity index (χ4v) is 4.94. The van der Waals surface area contributed by atoms with Gasteiger partial charge in [-0.2, -0.15) is 4.98 Å². The van der Waals surface area contributed by atoms with E-state index in [0.29, 0.717) is 5.56 Å². The summed E-state index contributed by atoms with van der Waals surface area (Å²) in [5, 5.41) is -0.0870. The van der Waals surface area contributed by atoms with Crippen molar-refractivity contribution in [1.29, 1.82) is 0 Å².